The lowest BCUT2D eigenvalue weighted by molar-refractivity contribution is 0.0857. The molecule has 2 saturated heterocycles. The molecule has 96 valence electrons. The largest absolute Gasteiger partial charge is 0.283 e. The second-order valence-electron chi connectivity index (χ2n) is 5.11. The molecule has 0 aromatic heterocycles. The zero-order valence-electron chi connectivity index (χ0n) is 10.2. The van der Waals surface area contributed by atoms with Crippen LogP contribution in [-0.4, -0.2) is 55.6 Å². The van der Waals surface area contributed by atoms with Crippen molar-refractivity contribution in [3.8, 4) is 6.07 Å². The Labute approximate surface area is 103 Å². The smallest absolute Gasteiger partial charge is 0.211 e. The predicted octanol–water partition coefficient (Wildman–Crippen LogP) is 0.400. The van der Waals surface area contributed by atoms with Crippen molar-refractivity contribution >= 4 is 10.0 Å². The van der Waals surface area contributed by atoms with Crippen LogP contribution in [0.1, 0.15) is 25.7 Å². The number of nitrogens with zero attached hydrogens (tertiary/aromatic N) is 3. The lowest BCUT2D eigenvalue weighted by Gasteiger charge is -2.44. The summed E-state index contributed by atoms with van der Waals surface area (Å²) in [7, 11) is -3.10. The van der Waals surface area contributed by atoms with E-state index >= 15 is 0 Å². The van der Waals surface area contributed by atoms with Gasteiger partial charge < -0.3 is 0 Å². The summed E-state index contributed by atoms with van der Waals surface area (Å²) in [5, 5.41) is 8.84. The third kappa shape index (κ3) is 2.46. The minimum atomic E-state index is -3.10. The number of hydrogen-bond acceptors (Lipinski definition) is 4. The van der Waals surface area contributed by atoms with Crippen molar-refractivity contribution in [3.05, 3.63) is 0 Å². The Hall–Kier alpha value is -0.640. The van der Waals surface area contributed by atoms with Crippen molar-refractivity contribution in [3.63, 3.8) is 0 Å². The van der Waals surface area contributed by atoms with Crippen LogP contribution < -0.4 is 0 Å². The SMILES string of the molecule is CS(=O)(=O)N1CCCC2(CCCN2CC#N)C1. The van der Waals surface area contributed by atoms with E-state index in [1.54, 1.807) is 4.31 Å². The third-order valence-corrected chi connectivity index (χ3v) is 5.24. The maximum Gasteiger partial charge on any atom is 0.211 e. The molecule has 2 rings (SSSR count). The molecule has 0 bridgehead atoms. The summed E-state index contributed by atoms with van der Waals surface area (Å²) in [6.07, 6.45) is 5.27. The van der Waals surface area contributed by atoms with Crippen LogP contribution in [0.5, 0.6) is 0 Å². The van der Waals surface area contributed by atoms with E-state index in [1.807, 2.05) is 0 Å². The van der Waals surface area contributed by atoms with Gasteiger partial charge in [0.1, 0.15) is 0 Å². The Kier molecular flexibility index (Phi) is 3.43. The molecule has 5 nitrogen and oxygen atoms in total. The predicted molar refractivity (Wildman–Crippen MR) is 64.8 cm³/mol. The third-order valence-electron chi connectivity index (χ3n) is 3.99. The second kappa shape index (κ2) is 4.56. The van der Waals surface area contributed by atoms with E-state index in [9.17, 15) is 8.42 Å². The van der Waals surface area contributed by atoms with Crippen molar-refractivity contribution < 1.29 is 8.42 Å². The lowest BCUT2D eigenvalue weighted by Crippen LogP contribution is -2.56. The van der Waals surface area contributed by atoms with Crippen LogP contribution in [-0.2, 0) is 10.0 Å². The van der Waals surface area contributed by atoms with Crippen LogP contribution in [0, 0.1) is 11.3 Å². The van der Waals surface area contributed by atoms with Crippen LogP contribution in [0.2, 0.25) is 0 Å². The average molecular weight is 257 g/mol. The van der Waals surface area contributed by atoms with Gasteiger partial charge in [-0.15, -0.1) is 0 Å². The van der Waals surface area contributed by atoms with Crippen molar-refractivity contribution in [2.75, 3.05) is 32.4 Å². The van der Waals surface area contributed by atoms with Gasteiger partial charge in [-0.05, 0) is 32.2 Å². The number of rotatable bonds is 2. The van der Waals surface area contributed by atoms with Gasteiger partial charge in [-0.1, -0.05) is 0 Å². The Morgan fingerprint density at radius 3 is 2.53 bits per heavy atom. The van der Waals surface area contributed by atoms with Crippen molar-refractivity contribution in [1.82, 2.24) is 9.21 Å². The fourth-order valence-electron chi connectivity index (χ4n) is 3.14. The van der Waals surface area contributed by atoms with Gasteiger partial charge in [-0.25, -0.2) is 12.7 Å². The highest BCUT2D eigenvalue weighted by molar-refractivity contribution is 7.88. The van der Waals surface area contributed by atoms with E-state index in [1.165, 1.54) is 6.26 Å². The molecule has 1 atom stereocenters. The van der Waals surface area contributed by atoms with Gasteiger partial charge in [0.2, 0.25) is 10.0 Å². The summed E-state index contributed by atoms with van der Waals surface area (Å²) in [5.41, 5.74) is -0.0724. The topological polar surface area (TPSA) is 64.4 Å². The molecule has 1 unspecified atom stereocenters. The van der Waals surface area contributed by atoms with E-state index in [-0.39, 0.29) is 5.54 Å². The van der Waals surface area contributed by atoms with Crippen LogP contribution >= 0.6 is 0 Å². The highest BCUT2D eigenvalue weighted by Gasteiger charge is 2.45. The molecule has 2 fully saturated rings. The van der Waals surface area contributed by atoms with E-state index in [2.05, 4.69) is 11.0 Å². The molecule has 0 saturated carbocycles. The molecule has 1 spiro atoms. The Morgan fingerprint density at radius 1 is 1.29 bits per heavy atom. The standard InChI is InChI=1S/C11H19N3O2S/c1-17(15,16)14-8-3-5-11(10-14)4-2-7-13(11)9-6-12/h2-5,7-10H2,1H3. The second-order valence-corrected chi connectivity index (χ2v) is 7.09. The number of nitriles is 1. The molecule has 0 amide bonds. The van der Waals surface area contributed by atoms with Crippen LogP contribution in [0.3, 0.4) is 0 Å². The van der Waals surface area contributed by atoms with Gasteiger partial charge in [-0.2, -0.15) is 5.26 Å². The fraction of sp³-hybridized carbons (Fsp3) is 0.909. The minimum Gasteiger partial charge on any atom is -0.283 e. The van der Waals surface area contributed by atoms with Gasteiger partial charge in [0.15, 0.2) is 0 Å². The highest BCUT2D eigenvalue weighted by Crippen LogP contribution is 2.37. The number of piperidine rings is 1. The summed E-state index contributed by atoms with van der Waals surface area (Å²) < 4.78 is 24.8. The molecule has 0 N–H and O–H groups in total. The van der Waals surface area contributed by atoms with Crippen LogP contribution in [0.4, 0.5) is 0 Å². The molecule has 2 aliphatic heterocycles. The Morgan fingerprint density at radius 2 is 1.94 bits per heavy atom. The Bertz CT molecular complexity index is 428. The van der Waals surface area contributed by atoms with Crippen LogP contribution in [0.25, 0.3) is 0 Å². The summed E-state index contributed by atoms with van der Waals surface area (Å²) in [4.78, 5) is 2.17. The van der Waals surface area contributed by atoms with E-state index in [4.69, 9.17) is 5.26 Å². The summed E-state index contributed by atoms with van der Waals surface area (Å²) in [5.74, 6) is 0. The maximum atomic E-state index is 11.6. The summed E-state index contributed by atoms with van der Waals surface area (Å²) in [6, 6.07) is 2.19. The first-order valence-electron chi connectivity index (χ1n) is 6.05. The zero-order chi connectivity index (χ0) is 12.5. The molecule has 0 radical (unpaired) electrons. The fourth-order valence-corrected chi connectivity index (χ4v) is 4.08. The number of sulfonamides is 1. The van der Waals surface area contributed by atoms with Gasteiger partial charge in [-0.3, -0.25) is 4.90 Å². The molecule has 17 heavy (non-hydrogen) atoms. The average Bonchev–Trinajstić information content (AvgIpc) is 2.61. The van der Waals surface area contributed by atoms with E-state index in [0.717, 1.165) is 32.2 Å². The van der Waals surface area contributed by atoms with Gasteiger partial charge >= 0.3 is 0 Å². The molecule has 0 aliphatic carbocycles. The number of likely N-dealkylation sites (tertiary alicyclic amines) is 1. The van der Waals surface area contributed by atoms with Gasteiger partial charge in [0.05, 0.1) is 18.9 Å². The minimum absolute atomic E-state index is 0.0724. The van der Waals surface area contributed by atoms with Gasteiger partial charge in [0, 0.05) is 18.6 Å². The molecular formula is C11H19N3O2S. The first kappa shape index (κ1) is 12.8. The quantitative estimate of drug-likeness (QED) is 0.672. The molecule has 0 aromatic rings. The normalized spacial score (nSPS) is 31.8. The number of hydrogen-bond donors (Lipinski definition) is 0. The van der Waals surface area contributed by atoms with Gasteiger partial charge in [0.25, 0.3) is 0 Å². The van der Waals surface area contributed by atoms with Crippen molar-refractivity contribution in [2.24, 2.45) is 0 Å². The molecule has 2 aliphatic rings. The Balaban J connectivity index is 2.18. The molecule has 6 heteroatoms. The lowest BCUT2D eigenvalue weighted by atomic mass is 9.87. The molecular weight excluding hydrogens is 238 g/mol. The first-order valence-corrected chi connectivity index (χ1v) is 7.90. The van der Waals surface area contributed by atoms with E-state index < -0.39 is 10.0 Å². The first-order chi connectivity index (χ1) is 7.98. The molecule has 0 aromatic carbocycles. The van der Waals surface area contributed by atoms with Crippen molar-refractivity contribution in [1.29, 1.82) is 5.26 Å². The summed E-state index contributed by atoms with van der Waals surface area (Å²) in [6.45, 7) is 2.53. The monoisotopic (exact) mass is 257 g/mol. The highest BCUT2D eigenvalue weighted by atomic mass is 32.2. The van der Waals surface area contributed by atoms with Crippen molar-refractivity contribution in [2.45, 2.75) is 31.2 Å². The maximum absolute atomic E-state index is 11.6. The van der Waals surface area contributed by atoms with E-state index in [0.29, 0.717) is 19.6 Å². The zero-order valence-corrected chi connectivity index (χ0v) is 11.0. The summed E-state index contributed by atoms with van der Waals surface area (Å²) >= 11 is 0. The van der Waals surface area contributed by atoms with Crippen LogP contribution in [0.15, 0.2) is 0 Å². The molecule has 2 heterocycles.